The van der Waals surface area contributed by atoms with Crippen LogP contribution in [0.5, 0.6) is 0 Å². The fraction of sp³-hybridized carbons (Fsp3) is 0.750. The van der Waals surface area contributed by atoms with Gasteiger partial charge in [-0.2, -0.15) is 0 Å². The van der Waals surface area contributed by atoms with Gasteiger partial charge in [0, 0.05) is 20.1 Å². The number of rotatable bonds is 6. The Balaban J connectivity index is 4.10. The molecule has 3 nitrogen and oxygen atoms in total. The van der Waals surface area contributed by atoms with E-state index < -0.39 is 0 Å². The Hall–Kier alpha value is -0.830. The van der Waals surface area contributed by atoms with E-state index in [-0.39, 0.29) is 11.9 Å². The number of nitrogens with zero attached hydrogens (tertiary/aromatic N) is 1. The van der Waals surface area contributed by atoms with Crippen LogP contribution in [0, 0.1) is 5.92 Å². The molecular weight excluding hydrogens is 188 g/mol. The fourth-order valence-corrected chi connectivity index (χ4v) is 1.48. The van der Waals surface area contributed by atoms with Crippen molar-refractivity contribution < 1.29 is 4.79 Å². The summed E-state index contributed by atoms with van der Waals surface area (Å²) in [5.74, 6) is 0.618. The molecular formula is C12H24N2O. The maximum atomic E-state index is 11.6. The van der Waals surface area contributed by atoms with Gasteiger partial charge >= 0.3 is 0 Å². The number of nitrogens with one attached hydrogen (secondary N) is 1. The van der Waals surface area contributed by atoms with Gasteiger partial charge in [-0.05, 0) is 26.2 Å². The molecule has 0 aliphatic rings. The maximum Gasteiger partial charge on any atom is 0.238 e. The Morgan fingerprint density at radius 2 is 1.93 bits per heavy atom. The highest BCUT2D eigenvalue weighted by atomic mass is 16.2. The van der Waals surface area contributed by atoms with Crippen molar-refractivity contribution in [2.75, 3.05) is 14.1 Å². The van der Waals surface area contributed by atoms with Gasteiger partial charge in [-0.3, -0.25) is 4.79 Å². The third-order valence-electron chi connectivity index (χ3n) is 2.72. The molecule has 0 saturated carbocycles. The highest BCUT2D eigenvalue weighted by Crippen LogP contribution is 2.09. The van der Waals surface area contributed by atoms with E-state index in [4.69, 9.17) is 0 Å². The molecule has 0 aromatic carbocycles. The van der Waals surface area contributed by atoms with Crippen LogP contribution >= 0.6 is 0 Å². The van der Waals surface area contributed by atoms with E-state index in [1.54, 1.807) is 19.0 Å². The first-order chi connectivity index (χ1) is 6.90. The summed E-state index contributed by atoms with van der Waals surface area (Å²) in [5.41, 5.74) is 0. The number of carbonyl (C=O) groups is 1. The Labute approximate surface area is 93.5 Å². The maximum absolute atomic E-state index is 11.6. The third kappa shape index (κ3) is 4.98. The van der Waals surface area contributed by atoms with Crippen LogP contribution in [0.4, 0.5) is 0 Å². The predicted molar refractivity (Wildman–Crippen MR) is 64.7 cm³/mol. The molecule has 0 saturated heterocycles. The second kappa shape index (κ2) is 6.62. The number of allylic oxidation sites excluding steroid dienone is 1. The Kier molecular flexibility index (Phi) is 6.25. The summed E-state index contributed by atoms with van der Waals surface area (Å²) >= 11 is 0. The molecule has 1 N–H and O–H groups in total. The molecule has 2 unspecified atom stereocenters. The van der Waals surface area contributed by atoms with Crippen LogP contribution in [-0.4, -0.2) is 37.0 Å². The fourth-order valence-electron chi connectivity index (χ4n) is 1.48. The monoisotopic (exact) mass is 212 g/mol. The number of likely N-dealkylation sites (N-methyl/N-ethyl adjacent to an activating group) is 1. The molecule has 0 rings (SSSR count). The summed E-state index contributed by atoms with van der Waals surface area (Å²) in [7, 11) is 3.55. The largest absolute Gasteiger partial charge is 0.347 e. The van der Waals surface area contributed by atoms with Crippen molar-refractivity contribution in [3.63, 3.8) is 0 Å². The number of hydrogen-bond donors (Lipinski definition) is 1. The first-order valence-electron chi connectivity index (χ1n) is 5.48. The lowest BCUT2D eigenvalue weighted by Gasteiger charge is -2.25. The molecule has 0 heterocycles. The lowest BCUT2D eigenvalue weighted by atomic mass is 9.99. The standard InChI is InChI=1S/C12H24N2O/c1-7-8-9(2)10(3)13-11(4)12(15)14(5)6/h7,9-11,13H,1,8H2,2-6H3/t9?,10?,11-/m1/s1. The van der Waals surface area contributed by atoms with Crippen LogP contribution in [0.25, 0.3) is 0 Å². The summed E-state index contributed by atoms with van der Waals surface area (Å²) in [4.78, 5) is 13.2. The predicted octanol–water partition coefficient (Wildman–Crippen LogP) is 1.65. The number of carbonyl (C=O) groups excluding carboxylic acids is 1. The van der Waals surface area contributed by atoms with Crippen molar-refractivity contribution in [1.82, 2.24) is 10.2 Å². The first kappa shape index (κ1) is 14.2. The van der Waals surface area contributed by atoms with Gasteiger partial charge in [0.1, 0.15) is 0 Å². The molecule has 88 valence electrons. The molecule has 0 spiro atoms. The first-order valence-corrected chi connectivity index (χ1v) is 5.48. The normalized spacial score (nSPS) is 16.6. The van der Waals surface area contributed by atoms with Crippen molar-refractivity contribution in [3.8, 4) is 0 Å². The molecule has 0 radical (unpaired) electrons. The molecule has 0 aliphatic carbocycles. The van der Waals surface area contributed by atoms with Crippen molar-refractivity contribution >= 4 is 5.91 Å². The average Bonchev–Trinajstić information content (AvgIpc) is 2.16. The van der Waals surface area contributed by atoms with Crippen LogP contribution in [0.3, 0.4) is 0 Å². The molecule has 0 fully saturated rings. The van der Waals surface area contributed by atoms with Crippen LogP contribution in [-0.2, 0) is 4.79 Å². The third-order valence-corrected chi connectivity index (χ3v) is 2.72. The highest BCUT2D eigenvalue weighted by molar-refractivity contribution is 5.80. The van der Waals surface area contributed by atoms with Gasteiger partial charge in [0.25, 0.3) is 0 Å². The average molecular weight is 212 g/mol. The Morgan fingerprint density at radius 3 is 2.33 bits per heavy atom. The smallest absolute Gasteiger partial charge is 0.238 e. The van der Waals surface area contributed by atoms with Gasteiger partial charge in [-0.1, -0.05) is 13.0 Å². The van der Waals surface area contributed by atoms with E-state index in [2.05, 4.69) is 25.7 Å². The van der Waals surface area contributed by atoms with E-state index in [0.717, 1.165) is 6.42 Å². The molecule has 1 amide bonds. The minimum Gasteiger partial charge on any atom is -0.347 e. The zero-order valence-corrected chi connectivity index (χ0v) is 10.6. The summed E-state index contributed by atoms with van der Waals surface area (Å²) in [6.07, 6.45) is 2.89. The van der Waals surface area contributed by atoms with E-state index in [1.165, 1.54) is 0 Å². The van der Waals surface area contributed by atoms with Crippen LogP contribution < -0.4 is 5.32 Å². The van der Waals surface area contributed by atoms with E-state index in [9.17, 15) is 4.79 Å². The quantitative estimate of drug-likeness (QED) is 0.679. The van der Waals surface area contributed by atoms with Gasteiger partial charge in [0.15, 0.2) is 0 Å². The van der Waals surface area contributed by atoms with Crippen molar-refractivity contribution in [1.29, 1.82) is 0 Å². The van der Waals surface area contributed by atoms with Gasteiger partial charge in [0.05, 0.1) is 6.04 Å². The summed E-state index contributed by atoms with van der Waals surface area (Å²) in [5, 5.41) is 3.31. The Bertz CT molecular complexity index is 214. The molecule has 15 heavy (non-hydrogen) atoms. The van der Waals surface area contributed by atoms with Crippen LogP contribution in [0.2, 0.25) is 0 Å². The minimum absolute atomic E-state index is 0.118. The zero-order chi connectivity index (χ0) is 12.0. The lowest BCUT2D eigenvalue weighted by Crippen LogP contribution is -2.47. The zero-order valence-electron chi connectivity index (χ0n) is 10.6. The topological polar surface area (TPSA) is 32.3 Å². The second-order valence-corrected chi connectivity index (χ2v) is 4.41. The summed E-state index contributed by atoms with van der Waals surface area (Å²) in [6, 6.07) is 0.198. The molecule has 0 aromatic rings. The summed E-state index contributed by atoms with van der Waals surface area (Å²) in [6.45, 7) is 9.89. The Morgan fingerprint density at radius 1 is 1.40 bits per heavy atom. The number of amides is 1. The lowest BCUT2D eigenvalue weighted by molar-refractivity contribution is -0.130. The second-order valence-electron chi connectivity index (χ2n) is 4.41. The van der Waals surface area contributed by atoms with E-state index >= 15 is 0 Å². The molecule has 3 atom stereocenters. The molecule has 0 aliphatic heterocycles. The minimum atomic E-state index is -0.123. The van der Waals surface area contributed by atoms with Crippen molar-refractivity contribution in [2.45, 2.75) is 39.3 Å². The van der Waals surface area contributed by atoms with Crippen LogP contribution in [0.15, 0.2) is 12.7 Å². The molecule has 0 aromatic heterocycles. The van der Waals surface area contributed by atoms with E-state index in [1.807, 2.05) is 13.0 Å². The van der Waals surface area contributed by atoms with Crippen LogP contribution in [0.1, 0.15) is 27.2 Å². The number of hydrogen-bond acceptors (Lipinski definition) is 2. The van der Waals surface area contributed by atoms with Gasteiger partial charge in [-0.15, -0.1) is 6.58 Å². The van der Waals surface area contributed by atoms with Gasteiger partial charge in [-0.25, -0.2) is 0 Å². The van der Waals surface area contributed by atoms with Crippen molar-refractivity contribution in [3.05, 3.63) is 12.7 Å². The van der Waals surface area contributed by atoms with Gasteiger partial charge < -0.3 is 10.2 Å². The summed E-state index contributed by atoms with van der Waals surface area (Å²) < 4.78 is 0. The van der Waals surface area contributed by atoms with Gasteiger partial charge in [0.2, 0.25) is 5.91 Å². The molecule has 3 heteroatoms. The molecule has 0 bridgehead atoms. The highest BCUT2D eigenvalue weighted by Gasteiger charge is 2.19. The van der Waals surface area contributed by atoms with E-state index in [0.29, 0.717) is 12.0 Å². The SMILES string of the molecule is C=CCC(C)C(C)N[C@H](C)C(=O)N(C)C. The van der Waals surface area contributed by atoms with Crippen molar-refractivity contribution in [2.24, 2.45) is 5.92 Å².